The molecule has 0 radical (unpaired) electrons. The lowest BCUT2D eigenvalue weighted by atomic mass is 10.1. The van der Waals surface area contributed by atoms with Crippen LogP contribution in [0.15, 0.2) is 54.1 Å². The Hall–Kier alpha value is -2.49. The third-order valence-electron chi connectivity index (χ3n) is 2.39. The van der Waals surface area contributed by atoms with Crippen LogP contribution in [0.1, 0.15) is 5.56 Å². The van der Waals surface area contributed by atoms with Gasteiger partial charge in [0.1, 0.15) is 0 Å². The van der Waals surface area contributed by atoms with Gasteiger partial charge >= 0.3 is 0 Å². The van der Waals surface area contributed by atoms with Crippen molar-refractivity contribution in [3.63, 3.8) is 0 Å². The molecular formula is C13H12N2O2. The van der Waals surface area contributed by atoms with E-state index in [1.165, 1.54) is 0 Å². The van der Waals surface area contributed by atoms with E-state index in [1.807, 2.05) is 36.4 Å². The van der Waals surface area contributed by atoms with Crippen LogP contribution in [0.2, 0.25) is 0 Å². The molecule has 0 bridgehead atoms. The molecular weight excluding hydrogens is 216 g/mol. The molecule has 0 atom stereocenters. The van der Waals surface area contributed by atoms with E-state index in [9.17, 15) is 5.21 Å². The number of anilines is 1. The zero-order chi connectivity index (χ0) is 12.3. The first-order valence-corrected chi connectivity index (χ1v) is 5.11. The Kier molecular flexibility index (Phi) is 2.96. The fraction of sp³-hybridized carbons (Fsp3) is 0. The number of nitrogens with two attached hydrogens (primary N) is 1. The molecule has 0 heterocycles. The van der Waals surface area contributed by atoms with Crippen LogP contribution in [-0.4, -0.2) is 15.8 Å². The molecule has 0 aromatic heterocycles. The number of nitrogens with zero attached hydrogens (tertiary/aromatic N) is 1. The quantitative estimate of drug-likeness (QED) is 0.352. The number of nitrogen functional groups attached to an aromatic ring is 1. The van der Waals surface area contributed by atoms with Crippen molar-refractivity contribution in [1.82, 2.24) is 0 Å². The highest BCUT2D eigenvalue weighted by Crippen LogP contribution is 2.12. The normalized spacial score (nSPS) is 17.5. The number of benzene rings is 1. The van der Waals surface area contributed by atoms with Gasteiger partial charge in [-0.1, -0.05) is 24.3 Å². The molecule has 1 aliphatic rings. The first kappa shape index (κ1) is 11.0. The molecule has 86 valence electrons. The topological polar surface area (TPSA) is 72.3 Å². The molecule has 0 saturated heterocycles. The second kappa shape index (κ2) is 4.57. The van der Waals surface area contributed by atoms with Crippen molar-refractivity contribution in [3.05, 3.63) is 64.9 Å². The van der Waals surface area contributed by atoms with E-state index in [4.69, 9.17) is 10.9 Å². The summed E-state index contributed by atoms with van der Waals surface area (Å²) in [4.78, 5) is -0.152. The SMILES string of the molecule is Nc1ccc(/C=C/C2=CC(=[N+]([O-])O)C=C2)cc1. The zero-order valence-electron chi connectivity index (χ0n) is 9.08. The molecule has 4 nitrogen and oxygen atoms in total. The Labute approximate surface area is 98.9 Å². The molecule has 1 aromatic carbocycles. The van der Waals surface area contributed by atoms with Crippen LogP contribution in [0.4, 0.5) is 5.69 Å². The minimum absolute atomic E-state index is 0.152. The molecule has 2 rings (SSSR count). The first-order chi connectivity index (χ1) is 8.15. The molecule has 4 heteroatoms. The lowest BCUT2D eigenvalue weighted by molar-refractivity contribution is -0.725. The summed E-state index contributed by atoms with van der Waals surface area (Å²) >= 11 is 0. The molecule has 0 amide bonds. The van der Waals surface area contributed by atoms with Gasteiger partial charge in [0.15, 0.2) is 0 Å². The van der Waals surface area contributed by atoms with Crippen LogP contribution >= 0.6 is 0 Å². The summed E-state index contributed by atoms with van der Waals surface area (Å²) in [5.74, 6) is 0. The predicted molar refractivity (Wildman–Crippen MR) is 67.5 cm³/mol. The van der Waals surface area contributed by atoms with Gasteiger partial charge in [-0.05, 0) is 29.3 Å². The monoisotopic (exact) mass is 228 g/mol. The molecule has 0 saturated carbocycles. The van der Waals surface area contributed by atoms with Gasteiger partial charge in [-0.3, -0.25) is 5.21 Å². The average Bonchev–Trinajstić information content (AvgIpc) is 2.77. The third-order valence-corrected chi connectivity index (χ3v) is 2.39. The fourth-order valence-corrected chi connectivity index (χ4v) is 1.47. The Balaban J connectivity index is 2.13. The molecule has 0 unspecified atom stereocenters. The Bertz CT molecular complexity index is 533. The maximum Gasteiger partial charge on any atom is 0.268 e. The van der Waals surface area contributed by atoms with Gasteiger partial charge in [0.05, 0.1) is 0 Å². The first-order valence-electron chi connectivity index (χ1n) is 5.11. The predicted octanol–water partition coefficient (Wildman–Crippen LogP) is 2.12. The summed E-state index contributed by atoms with van der Waals surface area (Å²) in [5.41, 5.74) is 8.40. The number of allylic oxidation sites excluding steroid dienone is 5. The van der Waals surface area contributed by atoms with Gasteiger partial charge in [0.2, 0.25) is 0 Å². The summed E-state index contributed by atoms with van der Waals surface area (Å²) < 4.78 is 0. The molecule has 0 aliphatic heterocycles. The lowest BCUT2D eigenvalue weighted by Crippen LogP contribution is -2.04. The standard InChI is InChI=1S/C13H12N2O2/c14-12-6-3-10(4-7-12)1-2-11-5-8-13(9-11)15(16)17/h1-9H,14H2,(H,16,17)/b2-1+. The van der Waals surface area contributed by atoms with Gasteiger partial charge in [-0.15, -0.1) is 0 Å². The summed E-state index contributed by atoms with van der Waals surface area (Å²) in [7, 11) is 0. The number of rotatable bonds is 2. The van der Waals surface area contributed by atoms with E-state index in [-0.39, 0.29) is 10.6 Å². The van der Waals surface area contributed by atoms with Gasteiger partial charge in [-0.25, -0.2) is 0 Å². The van der Waals surface area contributed by atoms with E-state index in [0.29, 0.717) is 0 Å². The molecule has 1 aliphatic carbocycles. The second-order valence-electron chi connectivity index (χ2n) is 3.68. The van der Waals surface area contributed by atoms with Crippen LogP contribution in [0.3, 0.4) is 0 Å². The zero-order valence-corrected chi connectivity index (χ0v) is 9.08. The van der Waals surface area contributed by atoms with E-state index < -0.39 is 0 Å². The fourth-order valence-electron chi connectivity index (χ4n) is 1.47. The Morgan fingerprint density at radius 1 is 1.12 bits per heavy atom. The lowest BCUT2D eigenvalue weighted by Gasteiger charge is -1.94. The molecule has 1 aromatic rings. The van der Waals surface area contributed by atoms with Gasteiger partial charge in [0.25, 0.3) is 5.71 Å². The smallest absolute Gasteiger partial charge is 0.268 e. The van der Waals surface area contributed by atoms with Crippen molar-refractivity contribution in [3.8, 4) is 0 Å². The van der Waals surface area contributed by atoms with Crippen molar-refractivity contribution >= 4 is 17.5 Å². The van der Waals surface area contributed by atoms with Crippen molar-refractivity contribution in [2.24, 2.45) is 0 Å². The highest BCUT2D eigenvalue weighted by atomic mass is 16.8. The van der Waals surface area contributed by atoms with Gasteiger partial charge in [0, 0.05) is 22.7 Å². The largest absolute Gasteiger partial charge is 0.417 e. The van der Waals surface area contributed by atoms with Gasteiger partial charge < -0.3 is 10.9 Å². The van der Waals surface area contributed by atoms with Crippen LogP contribution in [0.5, 0.6) is 0 Å². The summed E-state index contributed by atoms with van der Waals surface area (Å²) in [6, 6.07) is 7.45. The number of hydrogen-bond donors (Lipinski definition) is 2. The van der Waals surface area contributed by atoms with E-state index >= 15 is 0 Å². The molecule has 17 heavy (non-hydrogen) atoms. The van der Waals surface area contributed by atoms with Crippen LogP contribution in [-0.2, 0) is 0 Å². The summed E-state index contributed by atoms with van der Waals surface area (Å²) in [6.07, 6.45) is 8.67. The second-order valence-corrected chi connectivity index (χ2v) is 3.68. The molecule has 0 fully saturated rings. The van der Waals surface area contributed by atoms with Crippen molar-refractivity contribution in [1.29, 1.82) is 0 Å². The van der Waals surface area contributed by atoms with Crippen LogP contribution in [0.25, 0.3) is 6.08 Å². The van der Waals surface area contributed by atoms with Crippen molar-refractivity contribution in [2.45, 2.75) is 0 Å². The summed E-state index contributed by atoms with van der Waals surface area (Å²) in [6.45, 7) is 0. The minimum atomic E-state index is -0.152. The third kappa shape index (κ3) is 2.75. The van der Waals surface area contributed by atoms with Crippen LogP contribution < -0.4 is 5.73 Å². The highest BCUT2D eigenvalue weighted by molar-refractivity contribution is 6.04. The van der Waals surface area contributed by atoms with Crippen molar-refractivity contribution in [2.75, 3.05) is 5.73 Å². The Morgan fingerprint density at radius 2 is 1.82 bits per heavy atom. The van der Waals surface area contributed by atoms with Crippen LogP contribution in [0, 0.1) is 5.21 Å². The van der Waals surface area contributed by atoms with E-state index in [1.54, 1.807) is 18.2 Å². The van der Waals surface area contributed by atoms with E-state index in [2.05, 4.69) is 0 Å². The highest BCUT2D eigenvalue weighted by Gasteiger charge is 2.09. The maximum atomic E-state index is 10.6. The summed E-state index contributed by atoms with van der Waals surface area (Å²) in [5, 5.41) is 19.3. The van der Waals surface area contributed by atoms with Crippen molar-refractivity contribution < 1.29 is 10.1 Å². The minimum Gasteiger partial charge on any atom is -0.417 e. The van der Waals surface area contributed by atoms with Gasteiger partial charge in [-0.2, -0.15) is 0 Å². The molecule has 3 N–H and O–H groups in total. The average molecular weight is 228 g/mol. The Morgan fingerprint density at radius 3 is 2.41 bits per heavy atom. The van der Waals surface area contributed by atoms with E-state index in [0.717, 1.165) is 16.8 Å². The number of hydrogen-bond acceptors (Lipinski definition) is 3. The molecule has 0 spiro atoms. The maximum absolute atomic E-state index is 10.6.